The predicted molar refractivity (Wildman–Crippen MR) is 107 cm³/mol. The van der Waals surface area contributed by atoms with Crippen molar-refractivity contribution in [3.8, 4) is 0 Å². The first-order valence-electron chi connectivity index (χ1n) is 8.83. The molecule has 1 aromatic heterocycles. The molecule has 138 valence electrons. The van der Waals surface area contributed by atoms with E-state index in [1.165, 1.54) is 11.5 Å². The van der Waals surface area contributed by atoms with Crippen molar-refractivity contribution < 1.29 is 9.59 Å². The Bertz CT molecular complexity index is 1090. The average molecular weight is 362 g/mol. The van der Waals surface area contributed by atoms with Gasteiger partial charge in [-0.3, -0.25) is 19.0 Å². The first kappa shape index (κ1) is 18.6. The van der Waals surface area contributed by atoms with E-state index in [2.05, 4.69) is 5.32 Å². The third-order valence-electron chi connectivity index (χ3n) is 4.81. The van der Waals surface area contributed by atoms with Crippen LogP contribution in [-0.2, 0) is 4.79 Å². The van der Waals surface area contributed by atoms with E-state index in [0.717, 1.165) is 22.0 Å². The number of amides is 1. The summed E-state index contributed by atoms with van der Waals surface area (Å²) < 4.78 is 1.54. The van der Waals surface area contributed by atoms with Gasteiger partial charge < -0.3 is 5.32 Å². The number of fused-ring (bicyclic) bond motifs is 1. The van der Waals surface area contributed by atoms with Crippen LogP contribution in [0.1, 0.15) is 41.4 Å². The zero-order chi connectivity index (χ0) is 19.7. The van der Waals surface area contributed by atoms with Crippen LogP contribution >= 0.6 is 0 Å². The van der Waals surface area contributed by atoms with Crippen molar-refractivity contribution in [2.45, 2.75) is 33.7 Å². The maximum atomic E-state index is 12.8. The number of nitrogens with one attached hydrogen (secondary N) is 1. The number of pyridine rings is 1. The highest BCUT2D eigenvalue weighted by Gasteiger charge is 2.20. The molecule has 0 radical (unpaired) electrons. The van der Waals surface area contributed by atoms with Crippen molar-refractivity contribution in [2.75, 3.05) is 5.32 Å². The van der Waals surface area contributed by atoms with Gasteiger partial charge >= 0.3 is 0 Å². The molecule has 0 aliphatic heterocycles. The van der Waals surface area contributed by atoms with Gasteiger partial charge in [0, 0.05) is 22.7 Å². The summed E-state index contributed by atoms with van der Waals surface area (Å²) in [6.07, 6.45) is 0. The second-order valence-corrected chi connectivity index (χ2v) is 6.81. The molecule has 27 heavy (non-hydrogen) atoms. The van der Waals surface area contributed by atoms with E-state index in [-0.39, 0.29) is 17.2 Å². The molecule has 0 bridgehead atoms. The van der Waals surface area contributed by atoms with E-state index in [1.807, 2.05) is 32.0 Å². The number of rotatable bonds is 4. The molecule has 5 nitrogen and oxygen atoms in total. The van der Waals surface area contributed by atoms with Gasteiger partial charge in [-0.05, 0) is 63.1 Å². The molecular weight excluding hydrogens is 340 g/mol. The molecule has 2 aromatic carbocycles. The highest BCUT2D eigenvalue weighted by atomic mass is 16.2. The highest BCUT2D eigenvalue weighted by molar-refractivity contribution is 5.97. The van der Waals surface area contributed by atoms with Gasteiger partial charge in [-0.1, -0.05) is 18.2 Å². The van der Waals surface area contributed by atoms with E-state index in [1.54, 1.807) is 37.3 Å². The Balaban J connectivity index is 1.98. The summed E-state index contributed by atoms with van der Waals surface area (Å²) in [4.78, 5) is 36.8. The van der Waals surface area contributed by atoms with E-state index < -0.39 is 6.04 Å². The van der Waals surface area contributed by atoms with Crippen LogP contribution in [0.15, 0.2) is 53.3 Å². The zero-order valence-electron chi connectivity index (χ0n) is 15.9. The van der Waals surface area contributed by atoms with Crippen LogP contribution in [-0.4, -0.2) is 16.3 Å². The number of anilines is 1. The number of para-hydroxylation sites is 1. The van der Waals surface area contributed by atoms with Gasteiger partial charge in [0.1, 0.15) is 6.04 Å². The third kappa shape index (κ3) is 3.53. The van der Waals surface area contributed by atoms with E-state index in [4.69, 9.17) is 0 Å². The van der Waals surface area contributed by atoms with Crippen molar-refractivity contribution in [3.05, 3.63) is 75.6 Å². The number of carbonyl (C=O) groups excluding carboxylic acids is 2. The van der Waals surface area contributed by atoms with Gasteiger partial charge in [-0.2, -0.15) is 0 Å². The van der Waals surface area contributed by atoms with Gasteiger partial charge in [-0.15, -0.1) is 0 Å². The summed E-state index contributed by atoms with van der Waals surface area (Å²) in [5, 5.41) is 3.78. The lowest BCUT2D eigenvalue weighted by molar-refractivity contribution is -0.118. The summed E-state index contributed by atoms with van der Waals surface area (Å²) in [6, 6.07) is 13.4. The number of aryl methyl sites for hydroxylation is 2. The lowest BCUT2D eigenvalue weighted by Crippen LogP contribution is -2.32. The molecule has 1 N–H and O–H groups in total. The summed E-state index contributed by atoms with van der Waals surface area (Å²) in [7, 11) is 0. The Hall–Kier alpha value is -3.21. The second kappa shape index (κ2) is 7.19. The minimum atomic E-state index is -0.686. The SMILES string of the molecule is CC(=O)c1ccc(NC(=O)C(C)n2c(=O)cc(C)c3cccc(C)c32)cc1. The molecule has 3 rings (SSSR count). The van der Waals surface area contributed by atoms with Crippen molar-refractivity contribution in [3.63, 3.8) is 0 Å². The fourth-order valence-electron chi connectivity index (χ4n) is 3.28. The van der Waals surface area contributed by atoms with Crippen LogP contribution < -0.4 is 10.9 Å². The Morgan fingerprint density at radius 3 is 2.30 bits per heavy atom. The number of Topliss-reactive ketones (excluding diaryl/α,β-unsaturated/α-hetero) is 1. The van der Waals surface area contributed by atoms with E-state index in [9.17, 15) is 14.4 Å². The molecule has 0 aliphatic carbocycles. The molecule has 0 saturated heterocycles. The molecule has 0 spiro atoms. The fraction of sp³-hybridized carbons (Fsp3) is 0.227. The fourth-order valence-corrected chi connectivity index (χ4v) is 3.28. The molecule has 1 atom stereocenters. The molecule has 0 saturated carbocycles. The zero-order valence-corrected chi connectivity index (χ0v) is 15.9. The van der Waals surface area contributed by atoms with Gasteiger partial charge in [0.15, 0.2) is 5.78 Å². The van der Waals surface area contributed by atoms with Crippen molar-refractivity contribution >= 4 is 28.3 Å². The number of carbonyl (C=O) groups is 2. The summed E-state index contributed by atoms with van der Waals surface area (Å²) in [6.45, 7) is 7.03. The Morgan fingerprint density at radius 2 is 1.67 bits per heavy atom. The molecule has 0 fully saturated rings. The minimum Gasteiger partial charge on any atom is -0.324 e. The largest absolute Gasteiger partial charge is 0.324 e. The predicted octanol–water partition coefficient (Wildman–Crippen LogP) is 4.02. The number of hydrogen-bond acceptors (Lipinski definition) is 3. The monoisotopic (exact) mass is 362 g/mol. The summed E-state index contributed by atoms with van der Waals surface area (Å²) >= 11 is 0. The molecule has 1 heterocycles. The third-order valence-corrected chi connectivity index (χ3v) is 4.81. The molecule has 1 amide bonds. The van der Waals surface area contributed by atoms with E-state index in [0.29, 0.717) is 11.3 Å². The average Bonchev–Trinajstić information content (AvgIpc) is 2.62. The number of aromatic nitrogens is 1. The lowest BCUT2D eigenvalue weighted by atomic mass is 10.1. The quantitative estimate of drug-likeness (QED) is 0.713. The molecular formula is C22H22N2O3. The van der Waals surface area contributed by atoms with E-state index >= 15 is 0 Å². The Kier molecular flexibility index (Phi) is 4.95. The summed E-state index contributed by atoms with van der Waals surface area (Å²) in [5.74, 6) is -0.324. The molecule has 5 heteroatoms. The smallest absolute Gasteiger partial charge is 0.252 e. The second-order valence-electron chi connectivity index (χ2n) is 6.81. The first-order valence-corrected chi connectivity index (χ1v) is 8.83. The Morgan fingerprint density at radius 1 is 1.00 bits per heavy atom. The molecule has 1 unspecified atom stereocenters. The van der Waals surface area contributed by atoms with Crippen LogP contribution in [0.25, 0.3) is 10.9 Å². The number of ketones is 1. The van der Waals surface area contributed by atoms with Gasteiger partial charge in [0.2, 0.25) is 5.91 Å². The van der Waals surface area contributed by atoms with Gasteiger partial charge in [-0.25, -0.2) is 0 Å². The normalized spacial score (nSPS) is 12.0. The van der Waals surface area contributed by atoms with Crippen molar-refractivity contribution in [2.24, 2.45) is 0 Å². The van der Waals surface area contributed by atoms with Crippen molar-refractivity contribution in [1.82, 2.24) is 4.57 Å². The van der Waals surface area contributed by atoms with Crippen LogP contribution in [0.2, 0.25) is 0 Å². The number of benzene rings is 2. The molecule has 3 aromatic rings. The first-order chi connectivity index (χ1) is 12.8. The van der Waals surface area contributed by atoms with Crippen LogP contribution in [0, 0.1) is 13.8 Å². The van der Waals surface area contributed by atoms with Gasteiger partial charge in [0.05, 0.1) is 5.52 Å². The van der Waals surface area contributed by atoms with Gasteiger partial charge in [0.25, 0.3) is 5.56 Å². The maximum absolute atomic E-state index is 12.8. The molecule has 0 aliphatic rings. The maximum Gasteiger partial charge on any atom is 0.252 e. The minimum absolute atomic E-state index is 0.0330. The standard InChI is InChI=1S/C22H22N2O3/c1-13-6-5-7-19-14(2)12-20(26)24(21(13)19)15(3)22(27)23-18-10-8-17(9-11-18)16(4)25/h5-12,15H,1-4H3,(H,23,27). The van der Waals surface area contributed by atoms with Crippen LogP contribution in [0.5, 0.6) is 0 Å². The van der Waals surface area contributed by atoms with Crippen LogP contribution in [0.4, 0.5) is 5.69 Å². The number of hydrogen-bond donors (Lipinski definition) is 1. The highest BCUT2D eigenvalue weighted by Crippen LogP contribution is 2.23. The number of nitrogens with zero attached hydrogens (tertiary/aromatic N) is 1. The van der Waals surface area contributed by atoms with Crippen molar-refractivity contribution in [1.29, 1.82) is 0 Å². The van der Waals surface area contributed by atoms with Crippen LogP contribution in [0.3, 0.4) is 0 Å². The topological polar surface area (TPSA) is 68.2 Å². The Labute approximate surface area is 157 Å². The lowest BCUT2D eigenvalue weighted by Gasteiger charge is -2.20. The summed E-state index contributed by atoms with van der Waals surface area (Å²) in [5.41, 5.74) is 3.57.